The van der Waals surface area contributed by atoms with Crippen LogP contribution in [0.2, 0.25) is 5.15 Å². The van der Waals surface area contributed by atoms with Crippen LogP contribution in [0.5, 0.6) is 0 Å². The van der Waals surface area contributed by atoms with Gasteiger partial charge in [-0.2, -0.15) is 0 Å². The van der Waals surface area contributed by atoms with Gasteiger partial charge >= 0.3 is 0 Å². The van der Waals surface area contributed by atoms with E-state index in [0.29, 0.717) is 5.56 Å². The largest absolute Gasteiger partial charge is 0.294 e. The van der Waals surface area contributed by atoms with Gasteiger partial charge in [-0.25, -0.2) is 13.8 Å². The van der Waals surface area contributed by atoms with E-state index in [2.05, 4.69) is 4.98 Å². The lowest BCUT2D eigenvalue weighted by Crippen LogP contribution is -2.09. The van der Waals surface area contributed by atoms with E-state index in [-0.39, 0.29) is 11.6 Å². The van der Waals surface area contributed by atoms with Gasteiger partial charge in [-0.15, -0.1) is 0 Å². The topological polar surface area (TPSA) is 30.0 Å². The van der Waals surface area contributed by atoms with Crippen LogP contribution in [0.3, 0.4) is 0 Å². The maximum Gasteiger partial charge on any atom is 0.173 e. The number of halogens is 3. The van der Waals surface area contributed by atoms with E-state index in [0.717, 1.165) is 12.1 Å². The molecule has 0 atom stereocenters. The van der Waals surface area contributed by atoms with Crippen molar-refractivity contribution in [2.24, 2.45) is 0 Å². The molecule has 18 heavy (non-hydrogen) atoms. The van der Waals surface area contributed by atoms with Gasteiger partial charge in [-0.05, 0) is 23.8 Å². The van der Waals surface area contributed by atoms with Crippen LogP contribution in [0.4, 0.5) is 8.78 Å². The molecule has 2 rings (SSSR count). The first kappa shape index (κ1) is 12.6. The molecule has 0 aliphatic carbocycles. The molecule has 92 valence electrons. The highest BCUT2D eigenvalue weighted by Gasteiger charge is 2.18. The fraction of sp³-hybridized carbons (Fsp3) is 0.0769. The maximum atomic E-state index is 13.4. The zero-order chi connectivity index (χ0) is 13.1. The summed E-state index contributed by atoms with van der Waals surface area (Å²) in [5, 5.41) is 0.155. The molecule has 0 amide bonds. The maximum absolute atomic E-state index is 13.4. The van der Waals surface area contributed by atoms with E-state index in [1.807, 2.05) is 0 Å². The van der Waals surface area contributed by atoms with Gasteiger partial charge in [-0.1, -0.05) is 23.7 Å². The van der Waals surface area contributed by atoms with Crippen molar-refractivity contribution < 1.29 is 13.6 Å². The van der Waals surface area contributed by atoms with Gasteiger partial charge in [0.25, 0.3) is 0 Å². The van der Waals surface area contributed by atoms with Crippen molar-refractivity contribution in [3.8, 4) is 0 Å². The van der Waals surface area contributed by atoms with E-state index < -0.39 is 23.0 Å². The molecule has 2 nitrogen and oxygen atoms in total. The van der Waals surface area contributed by atoms with E-state index >= 15 is 0 Å². The molecule has 0 saturated heterocycles. The van der Waals surface area contributed by atoms with Gasteiger partial charge in [0.15, 0.2) is 5.78 Å². The van der Waals surface area contributed by atoms with Gasteiger partial charge in [-0.3, -0.25) is 4.79 Å². The van der Waals surface area contributed by atoms with E-state index in [1.54, 1.807) is 12.1 Å². The number of benzene rings is 1. The minimum absolute atomic E-state index is 0.155. The summed E-state index contributed by atoms with van der Waals surface area (Å²) in [6.45, 7) is 0. The molecule has 5 heteroatoms. The molecular weight excluding hydrogens is 260 g/mol. The quantitative estimate of drug-likeness (QED) is 0.630. The molecule has 0 bridgehead atoms. The Bertz CT molecular complexity index is 581. The molecule has 0 saturated carbocycles. The number of rotatable bonds is 3. The van der Waals surface area contributed by atoms with Crippen LogP contribution >= 0.6 is 11.6 Å². The van der Waals surface area contributed by atoms with Gasteiger partial charge in [0.05, 0.1) is 5.56 Å². The van der Waals surface area contributed by atoms with Crippen molar-refractivity contribution in [1.29, 1.82) is 0 Å². The standard InChI is InChI=1S/C13H8ClF2NO/c14-13-8(3-2-6-17-13)7-11(18)12-9(15)4-1-5-10(12)16/h1-6H,7H2. The molecule has 0 aliphatic rings. The number of carbonyl (C=O) groups excluding carboxylic acids is 1. The lowest BCUT2D eigenvalue weighted by atomic mass is 10.0. The Hall–Kier alpha value is -1.81. The Kier molecular flexibility index (Phi) is 3.67. The smallest absolute Gasteiger partial charge is 0.173 e. The third-order valence-electron chi connectivity index (χ3n) is 2.43. The van der Waals surface area contributed by atoms with Crippen molar-refractivity contribution in [2.45, 2.75) is 6.42 Å². The van der Waals surface area contributed by atoms with E-state index in [1.165, 1.54) is 12.3 Å². The molecule has 1 aromatic heterocycles. The number of hydrogen-bond donors (Lipinski definition) is 0. The summed E-state index contributed by atoms with van der Waals surface area (Å²) in [7, 11) is 0. The number of pyridine rings is 1. The monoisotopic (exact) mass is 267 g/mol. The molecule has 0 N–H and O–H groups in total. The number of hydrogen-bond acceptors (Lipinski definition) is 2. The van der Waals surface area contributed by atoms with Gasteiger partial charge in [0.1, 0.15) is 16.8 Å². The lowest BCUT2D eigenvalue weighted by Gasteiger charge is -2.05. The molecule has 2 aromatic rings. The lowest BCUT2D eigenvalue weighted by molar-refractivity contribution is 0.0985. The number of ketones is 1. The van der Waals surface area contributed by atoms with Crippen LogP contribution in [0, 0.1) is 11.6 Å². The molecule has 0 aliphatic heterocycles. The van der Waals surface area contributed by atoms with Crippen molar-refractivity contribution >= 4 is 17.4 Å². The summed E-state index contributed by atoms with van der Waals surface area (Å²) < 4.78 is 26.8. The SMILES string of the molecule is O=C(Cc1cccnc1Cl)c1c(F)cccc1F. The molecule has 0 fully saturated rings. The van der Waals surface area contributed by atoms with Crippen molar-refractivity contribution in [3.63, 3.8) is 0 Å². The number of carbonyl (C=O) groups is 1. The van der Waals surface area contributed by atoms with Crippen LogP contribution < -0.4 is 0 Å². The van der Waals surface area contributed by atoms with Crippen LogP contribution in [0.15, 0.2) is 36.5 Å². The van der Waals surface area contributed by atoms with E-state index in [4.69, 9.17) is 11.6 Å². The second kappa shape index (κ2) is 5.23. The summed E-state index contributed by atoms with van der Waals surface area (Å²) in [4.78, 5) is 15.6. The minimum Gasteiger partial charge on any atom is -0.294 e. The van der Waals surface area contributed by atoms with E-state index in [9.17, 15) is 13.6 Å². The third-order valence-corrected chi connectivity index (χ3v) is 2.77. The highest BCUT2D eigenvalue weighted by atomic mass is 35.5. The zero-order valence-corrected chi connectivity index (χ0v) is 9.92. The summed E-state index contributed by atoms with van der Waals surface area (Å²) in [5.74, 6) is -2.42. The summed E-state index contributed by atoms with van der Waals surface area (Å²) in [5.41, 5.74) is -0.107. The highest BCUT2D eigenvalue weighted by Crippen LogP contribution is 2.18. The van der Waals surface area contributed by atoms with Gasteiger partial charge in [0, 0.05) is 12.6 Å². The van der Waals surface area contributed by atoms with Crippen LogP contribution in [-0.4, -0.2) is 10.8 Å². The Morgan fingerprint density at radius 3 is 2.44 bits per heavy atom. The van der Waals surface area contributed by atoms with Crippen molar-refractivity contribution in [1.82, 2.24) is 4.98 Å². The van der Waals surface area contributed by atoms with Crippen LogP contribution in [0.1, 0.15) is 15.9 Å². The number of nitrogens with zero attached hydrogens (tertiary/aromatic N) is 1. The molecule has 0 unspecified atom stereocenters. The first-order chi connectivity index (χ1) is 8.59. The molecule has 1 aromatic carbocycles. The number of aromatic nitrogens is 1. The average Bonchev–Trinajstić information content (AvgIpc) is 2.32. The predicted molar refractivity (Wildman–Crippen MR) is 63.6 cm³/mol. The first-order valence-electron chi connectivity index (χ1n) is 5.16. The second-order valence-electron chi connectivity index (χ2n) is 3.65. The molecule has 0 radical (unpaired) electrons. The third kappa shape index (κ3) is 2.54. The second-order valence-corrected chi connectivity index (χ2v) is 4.01. The summed E-state index contributed by atoms with van der Waals surface area (Å²) in [6.07, 6.45) is 1.28. The fourth-order valence-corrected chi connectivity index (χ4v) is 1.76. The fourth-order valence-electron chi connectivity index (χ4n) is 1.58. The van der Waals surface area contributed by atoms with Crippen molar-refractivity contribution in [3.05, 3.63) is 64.4 Å². The summed E-state index contributed by atoms with van der Waals surface area (Å²) >= 11 is 5.78. The molecular formula is C13H8ClF2NO. The minimum atomic E-state index is -0.875. The summed E-state index contributed by atoms with van der Waals surface area (Å²) in [6, 6.07) is 6.49. The zero-order valence-electron chi connectivity index (χ0n) is 9.16. The Balaban J connectivity index is 2.31. The van der Waals surface area contributed by atoms with Crippen LogP contribution in [0.25, 0.3) is 0 Å². The molecule has 1 heterocycles. The van der Waals surface area contributed by atoms with Gasteiger partial charge < -0.3 is 0 Å². The van der Waals surface area contributed by atoms with Gasteiger partial charge in [0.2, 0.25) is 0 Å². The van der Waals surface area contributed by atoms with Crippen LogP contribution in [-0.2, 0) is 6.42 Å². The highest BCUT2D eigenvalue weighted by molar-refractivity contribution is 6.30. The Morgan fingerprint density at radius 2 is 1.83 bits per heavy atom. The average molecular weight is 268 g/mol. The predicted octanol–water partition coefficient (Wildman–Crippen LogP) is 3.44. The normalized spacial score (nSPS) is 10.4. The Labute approximate surface area is 107 Å². The number of Topliss-reactive ketones (excluding diaryl/α,β-unsaturated/α-hetero) is 1. The Morgan fingerprint density at radius 1 is 1.17 bits per heavy atom. The van der Waals surface area contributed by atoms with Crippen molar-refractivity contribution in [2.75, 3.05) is 0 Å². The first-order valence-corrected chi connectivity index (χ1v) is 5.54. The molecule has 0 spiro atoms.